The summed E-state index contributed by atoms with van der Waals surface area (Å²) in [4.78, 5) is 40.4. The van der Waals surface area contributed by atoms with Crippen molar-refractivity contribution < 1.29 is 64.0 Å². The zero-order valence-corrected chi connectivity index (χ0v) is 32.3. The average Bonchev–Trinajstić information content (AvgIpc) is 3.19. The van der Waals surface area contributed by atoms with Gasteiger partial charge in [-0.05, 0) is 90.9 Å². The van der Waals surface area contributed by atoms with Crippen LogP contribution in [-0.4, -0.2) is 118 Å². The number of aliphatic hydroxyl groups is 2. The smallest absolute Gasteiger partial charge is 0.336 e. The van der Waals surface area contributed by atoms with E-state index in [0.29, 0.717) is 18.4 Å². The Labute approximate surface area is 336 Å². The number of fused-ring (bicyclic) bond motifs is 1. The quantitative estimate of drug-likeness (QED) is 0.0681. The van der Waals surface area contributed by atoms with Crippen molar-refractivity contribution in [1.29, 1.82) is 0 Å². The summed E-state index contributed by atoms with van der Waals surface area (Å²) < 4.78 is 24.4. The maximum absolute atomic E-state index is 14.2. The third-order valence-corrected chi connectivity index (χ3v) is 10.4. The van der Waals surface area contributed by atoms with Gasteiger partial charge in [0.2, 0.25) is 0 Å². The van der Waals surface area contributed by atoms with Gasteiger partial charge in [-0.3, -0.25) is 9.59 Å². The molecule has 6 atom stereocenters. The van der Waals surface area contributed by atoms with Crippen molar-refractivity contribution in [3.05, 3.63) is 95.1 Å². The number of likely N-dealkylation sites (N-methyl/N-ethyl adjacent to an activating group) is 1. The first-order valence-electron chi connectivity index (χ1n) is 19.1. The fourth-order valence-electron chi connectivity index (χ4n) is 7.58. The molecule has 9 N–H and O–H groups in total. The predicted octanol–water partition coefficient (Wildman–Crippen LogP) is 2.87. The number of carbonyl (C=O) groups excluding carboxylic acids is 2. The lowest BCUT2D eigenvalue weighted by molar-refractivity contribution is -0.268. The van der Waals surface area contributed by atoms with E-state index in [9.17, 15) is 45.0 Å². The van der Waals surface area contributed by atoms with Gasteiger partial charge >= 0.3 is 5.97 Å². The largest absolute Gasteiger partial charge is 0.504 e. The number of hydrogen-bond acceptors (Lipinski definition) is 14. The molecular weight excluding hydrogens is 752 g/mol. The van der Waals surface area contributed by atoms with Crippen LogP contribution in [0.3, 0.4) is 0 Å². The van der Waals surface area contributed by atoms with E-state index in [2.05, 4.69) is 5.32 Å². The SMILES string of the molecule is CNCC12CC(OCC(=O)C=Cc3ccc(OCCN)c(O)c3)(C(=O)O)CC(O)C1OCC(CCc1ccccc1)CC(C(=O)C=Cc1cc(O)c(O)cc1CO)O2. The van der Waals surface area contributed by atoms with Gasteiger partial charge in [0.1, 0.15) is 31.0 Å². The summed E-state index contributed by atoms with van der Waals surface area (Å²) in [7, 11) is 1.61. The lowest BCUT2D eigenvalue weighted by Gasteiger charge is -2.53. The number of benzene rings is 3. The topological polar surface area (TPSA) is 248 Å². The molecule has 15 heteroatoms. The Balaban J connectivity index is 1.42. The third-order valence-electron chi connectivity index (χ3n) is 10.4. The monoisotopic (exact) mass is 804 g/mol. The Morgan fingerprint density at radius 3 is 2.45 bits per heavy atom. The fraction of sp³-hybridized carbons (Fsp3) is 0.419. The summed E-state index contributed by atoms with van der Waals surface area (Å²) in [6.45, 7) is -0.653. The Morgan fingerprint density at radius 2 is 1.76 bits per heavy atom. The molecule has 1 saturated carbocycles. The number of ether oxygens (including phenoxy) is 4. The maximum Gasteiger partial charge on any atom is 0.336 e. The van der Waals surface area contributed by atoms with E-state index in [4.69, 9.17) is 24.7 Å². The van der Waals surface area contributed by atoms with Gasteiger partial charge in [-0.15, -0.1) is 0 Å². The van der Waals surface area contributed by atoms with E-state index in [1.165, 1.54) is 48.6 Å². The lowest BCUT2D eigenvalue weighted by atomic mass is 9.70. The highest BCUT2D eigenvalue weighted by Gasteiger charge is 2.61. The molecule has 0 amide bonds. The molecule has 3 aromatic rings. The Hall–Kier alpha value is -5.13. The summed E-state index contributed by atoms with van der Waals surface area (Å²) in [6.07, 6.45) is 2.07. The highest BCUT2D eigenvalue weighted by molar-refractivity contribution is 5.97. The Bertz CT molecular complexity index is 1950. The van der Waals surface area contributed by atoms with Gasteiger partial charge in [-0.25, -0.2) is 4.79 Å². The number of aliphatic hydroxyl groups excluding tert-OH is 2. The van der Waals surface area contributed by atoms with Crippen molar-refractivity contribution in [2.45, 2.75) is 68.2 Å². The molecule has 0 spiro atoms. The van der Waals surface area contributed by atoms with Crippen molar-refractivity contribution in [1.82, 2.24) is 5.32 Å². The molecule has 2 aliphatic rings. The van der Waals surface area contributed by atoms with Gasteiger partial charge in [0, 0.05) is 25.9 Å². The highest BCUT2D eigenvalue weighted by atomic mass is 16.6. The molecule has 1 heterocycles. The summed E-state index contributed by atoms with van der Waals surface area (Å²) >= 11 is 0. The molecule has 0 radical (unpaired) electrons. The van der Waals surface area contributed by atoms with E-state index in [1.54, 1.807) is 13.1 Å². The van der Waals surface area contributed by atoms with Crippen LogP contribution in [0.25, 0.3) is 12.2 Å². The molecule has 0 bridgehead atoms. The summed E-state index contributed by atoms with van der Waals surface area (Å²) in [6, 6.07) is 16.7. The molecular formula is C43H52N2O13. The second kappa shape index (κ2) is 20.0. The molecule has 1 aliphatic heterocycles. The molecule has 0 aromatic heterocycles. The highest BCUT2D eigenvalue weighted by Crippen LogP contribution is 2.45. The third kappa shape index (κ3) is 10.9. The van der Waals surface area contributed by atoms with Crippen LogP contribution in [0.4, 0.5) is 0 Å². The number of ketones is 2. The number of carboxylic acid groups (broad SMARTS) is 1. The minimum Gasteiger partial charge on any atom is -0.504 e. The molecule has 2 fully saturated rings. The fourth-order valence-corrected chi connectivity index (χ4v) is 7.58. The maximum atomic E-state index is 14.2. The normalized spacial score (nSPS) is 24.9. The van der Waals surface area contributed by atoms with Gasteiger partial charge in [-0.2, -0.15) is 0 Å². The predicted molar refractivity (Wildman–Crippen MR) is 212 cm³/mol. The number of carboxylic acids is 1. The van der Waals surface area contributed by atoms with E-state index in [0.717, 1.165) is 5.56 Å². The van der Waals surface area contributed by atoms with Crippen molar-refractivity contribution in [3.63, 3.8) is 0 Å². The molecule has 5 rings (SSSR count). The number of aromatic hydroxyl groups is 3. The van der Waals surface area contributed by atoms with E-state index in [1.807, 2.05) is 30.3 Å². The summed E-state index contributed by atoms with van der Waals surface area (Å²) in [5.41, 5.74) is 3.73. The second-order valence-corrected chi connectivity index (χ2v) is 14.7. The van der Waals surface area contributed by atoms with Gasteiger partial charge in [-0.1, -0.05) is 48.6 Å². The summed E-state index contributed by atoms with van der Waals surface area (Å²) in [5.74, 6) is -3.60. The van der Waals surface area contributed by atoms with Crippen LogP contribution in [-0.2, 0) is 41.6 Å². The second-order valence-electron chi connectivity index (χ2n) is 14.7. The standard InChI is InChI=1S/C43H52N2O13/c1-45-26-43-25-42(41(53)54,57-24-32(47)12-9-28-10-14-38(36(51)17-28)55-16-15-44)21-37(52)40(43)56-23-29(8-7-27-5-3-2-4-6-27)18-39(58-43)33(48)13-11-30-19-34(49)35(50)20-31(30)22-46/h2-6,9-14,17,19-20,29,37,39-40,45-46,49-52H,7-8,15-16,18,21-26,44H2,1H3,(H,53,54). The van der Waals surface area contributed by atoms with Gasteiger partial charge in [0.25, 0.3) is 0 Å². The lowest BCUT2D eigenvalue weighted by Crippen LogP contribution is -2.69. The molecule has 312 valence electrons. The number of phenolic OH excluding ortho intramolecular Hbond substituents is 3. The molecule has 1 saturated heterocycles. The Morgan fingerprint density at radius 1 is 1.00 bits per heavy atom. The first-order chi connectivity index (χ1) is 27.8. The number of hydrogen-bond donors (Lipinski definition) is 8. The van der Waals surface area contributed by atoms with Gasteiger partial charge in [0.15, 0.2) is 40.2 Å². The van der Waals surface area contributed by atoms with Crippen molar-refractivity contribution in [3.8, 4) is 23.0 Å². The molecule has 58 heavy (non-hydrogen) atoms. The average molecular weight is 805 g/mol. The number of nitrogens with one attached hydrogen (secondary N) is 1. The first-order valence-corrected chi connectivity index (χ1v) is 19.1. The van der Waals surface area contributed by atoms with E-state index >= 15 is 0 Å². The number of phenols is 3. The number of aryl methyl sites for hydroxylation is 1. The minimum absolute atomic E-state index is 0.0713. The van der Waals surface area contributed by atoms with Gasteiger partial charge < -0.3 is 60.6 Å². The molecule has 3 aromatic carbocycles. The van der Waals surface area contributed by atoms with Crippen molar-refractivity contribution >= 4 is 29.7 Å². The molecule has 6 unspecified atom stereocenters. The first kappa shape index (κ1) is 44.0. The number of carbonyl (C=O) groups is 3. The van der Waals surface area contributed by atoms with Crippen LogP contribution in [0.1, 0.15) is 47.9 Å². The van der Waals surface area contributed by atoms with Crippen molar-refractivity contribution in [2.75, 3.05) is 40.0 Å². The zero-order valence-electron chi connectivity index (χ0n) is 32.3. The van der Waals surface area contributed by atoms with Crippen LogP contribution < -0.4 is 15.8 Å². The van der Waals surface area contributed by atoms with Crippen LogP contribution in [0.15, 0.2) is 72.8 Å². The molecule has 15 nitrogen and oxygen atoms in total. The van der Waals surface area contributed by atoms with E-state index < -0.39 is 84.6 Å². The Kier molecular flexibility index (Phi) is 15.2. The van der Waals surface area contributed by atoms with Crippen LogP contribution in [0.2, 0.25) is 0 Å². The van der Waals surface area contributed by atoms with Crippen LogP contribution in [0, 0.1) is 5.92 Å². The summed E-state index contributed by atoms with van der Waals surface area (Å²) in [5, 5.41) is 65.6. The minimum atomic E-state index is -2.14. The number of rotatable bonds is 18. The van der Waals surface area contributed by atoms with Crippen molar-refractivity contribution in [2.24, 2.45) is 11.7 Å². The number of nitrogens with two attached hydrogens (primary N) is 1. The van der Waals surface area contributed by atoms with Gasteiger partial charge in [0.05, 0.1) is 19.3 Å². The van der Waals surface area contributed by atoms with E-state index in [-0.39, 0.29) is 61.3 Å². The van der Waals surface area contributed by atoms with Crippen LogP contribution >= 0.6 is 0 Å². The zero-order chi connectivity index (χ0) is 41.9. The molecule has 1 aliphatic carbocycles. The number of aliphatic carboxylic acids is 1. The van der Waals surface area contributed by atoms with Crippen LogP contribution in [0.5, 0.6) is 23.0 Å².